The number of hydrogen-bond acceptors (Lipinski definition) is 1. The predicted molar refractivity (Wildman–Crippen MR) is 70.1 cm³/mol. The van der Waals surface area contributed by atoms with Gasteiger partial charge in [-0.25, -0.2) is 0 Å². The normalized spacial score (nSPS) is 17.5. The van der Waals surface area contributed by atoms with E-state index in [4.69, 9.17) is 11.6 Å². The molecule has 0 bridgehead atoms. The monoisotopic (exact) mass is 262 g/mol. The van der Waals surface area contributed by atoms with Crippen LogP contribution in [0.3, 0.4) is 0 Å². The van der Waals surface area contributed by atoms with Crippen molar-refractivity contribution in [1.82, 2.24) is 0 Å². The number of benzene rings is 2. The molecule has 1 unspecified atom stereocenters. The van der Waals surface area contributed by atoms with E-state index >= 15 is 0 Å². The molecule has 86 valence electrons. The van der Waals surface area contributed by atoms with Crippen LogP contribution in [0.25, 0.3) is 0 Å². The number of aryl methyl sites for hydroxylation is 1. The minimum Gasteiger partial charge on any atom is -0.606 e. The summed E-state index contributed by atoms with van der Waals surface area (Å²) < 4.78 is 12.5. The van der Waals surface area contributed by atoms with E-state index in [9.17, 15) is 4.55 Å². The molecule has 1 aliphatic heterocycles. The highest BCUT2D eigenvalue weighted by atomic mass is 35.5. The molecule has 2 aromatic carbocycles. The highest BCUT2D eigenvalue weighted by Gasteiger charge is 2.31. The van der Waals surface area contributed by atoms with Gasteiger partial charge in [-0.05, 0) is 24.6 Å². The van der Waals surface area contributed by atoms with E-state index in [0.717, 1.165) is 32.9 Å². The van der Waals surface area contributed by atoms with Crippen molar-refractivity contribution in [2.24, 2.45) is 0 Å². The van der Waals surface area contributed by atoms with Crippen LogP contribution in [0.2, 0.25) is 5.02 Å². The van der Waals surface area contributed by atoms with Crippen LogP contribution < -0.4 is 0 Å². The third-order valence-corrected chi connectivity index (χ3v) is 5.23. The van der Waals surface area contributed by atoms with Gasteiger partial charge in [-0.1, -0.05) is 35.9 Å². The number of fused-ring (bicyclic) bond motifs is 2. The molecule has 0 amide bonds. The van der Waals surface area contributed by atoms with E-state index < -0.39 is 11.2 Å². The summed E-state index contributed by atoms with van der Waals surface area (Å²) in [4.78, 5) is 1.69. The third-order valence-electron chi connectivity index (χ3n) is 3.17. The Morgan fingerprint density at radius 1 is 1.18 bits per heavy atom. The summed E-state index contributed by atoms with van der Waals surface area (Å²) in [5.41, 5.74) is 3.42. The van der Waals surface area contributed by atoms with Crippen LogP contribution >= 0.6 is 11.6 Å². The quantitative estimate of drug-likeness (QED) is 0.664. The molecule has 0 fully saturated rings. The van der Waals surface area contributed by atoms with Crippen molar-refractivity contribution in [3.63, 3.8) is 0 Å². The van der Waals surface area contributed by atoms with Crippen molar-refractivity contribution >= 4 is 22.8 Å². The lowest BCUT2D eigenvalue weighted by atomic mass is 10.00. The van der Waals surface area contributed by atoms with Crippen molar-refractivity contribution in [3.05, 3.63) is 58.1 Å². The smallest absolute Gasteiger partial charge is 0.180 e. The molecule has 1 atom stereocenters. The van der Waals surface area contributed by atoms with E-state index in [1.165, 1.54) is 0 Å². The molecule has 1 heterocycles. The lowest BCUT2D eigenvalue weighted by Gasteiger charge is -2.23. The number of hydrogen-bond donors (Lipinski definition) is 0. The van der Waals surface area contributed by atoms with Crippen LogP contribution in [0.1, 0.15) is 16.7 Å². The van der Waals surface area contributed by atoms with Gasteiger partial charge in [-0.3, -0.25) is 0 Å². The second kappa shape index (κ2) is 4.05. The highest BCUT2D eigenvalue weighted by molar-refractivity contribution is 7.91. The van der Waals surface area contributed by atoms with Crippen LogP contribution in [0.5, 0.6) is 0 Å². The molecule has 3 heteroatoms. The van der Waals surface area contributed by atoms with Gasteiger partial charge >= 0.3 is 0 Å². The lowest BCUT2D eigenvalue weighted by molar-refractivity contribution is 0.590. The molecule has 3 rings (SSSR count). The molecular formula is C14H11ClOS. The first-order valence-corrected chi connectivity index (χ1v) is 6.99. The van der Waals surface area contributed by atoms with Crippen molar-refractivity contribution in [1.29, 1.82) is 0 Å². The number of halogens is 1. The largest absolute Gasteiger partial charge is 0.606 e. The zero-order chi connectivity index (χ0) is 12.0. The van der Waals surface area contributed by atoms with Crippen LogP contribution in [0.4, 0.5) is 0 Å². The molecule has 0 aliphatic carbocycles. The predicted octanol–water partition coefficient (Wildman–Crippen LogP) is 3.72. The van der Waals surface area contributed by atoms with Gasteiger partial charge in [0.15, 0.2) is 9.79 Å². The van der Waals surface area contributed by atoms with Gasteiger partial charge in [0.1, 0.15) is 0 Å². The molecule has 1 nitrogen and oxygen atoms in total. The maximum atomic E-state index is 12.5. The molecule has 2 aromatic rings. The summed E-state index contributed by atoms with van der Waals surface area (Å²) in [6.45, 7) is 2.04. The van der Waals surface area contributed by atoms with E-state index in [1.807, 2.05) is 43.3 Å². The van der Waals surface area contributed by atoms with Gasteiger partial charge in [-0.15, -0.1) is 0 Å². The molecule has 0 saturated heterocycles. The average molecular weight is 263 g/mol. The Bertz CT molecular complexity index is 595. The summed E-state index contributed by atoms with van der Waals surface area (Å²) in [5, 5.41) is 0.610. The minimum absolute atomic E-state index is 0.610. The van der Waals surface area contributed by atoms with Gasteiger partial charge in [-0.2, -0.15) is 0 Å². The Hall–Kier alpha value is -0.960. The molecule has 0 saturated carbocycles. The standard InChI is InChI=1S/C14H11ClOS/c1-9-6-7-12(15)14-11(9)8-10-4-2-3-5-13(10)17(14)16/h2-7H,8H2,1H3. The van der Waals surface area contributed by atoms with E-state index in [2.05, 4.69) is 0 Å². The van der Waals surface area contributed by atoms with Crippen LogP contribution in [-0.4, -0.2) is 4.55 Å². The second-order valence-corrected chi connectivity index (χ2v) is 6.02. The SMILES string of the molecule is Cc1ccc(Cl)c2c1Cc1ccccc1[S+]2[O-]. The molecule has 1 aliphatic rings. The van der Waals surface area contributed by atoms with Crippen LogP contribution in [0, 0.1) is 6.92 Å². The Kier molecular flexibility index (Phi) is 2.66. The summed E-state index contributed by atoms with van der Waals surface area (Å²) in [6.07, 6.45) is 0.823. The summed E-state index contributed by atoms with van der Waals surface area (Å²) in [7, 11) is 0. The van der Waals surface area contributed by atoms with Gasteiger partial charge in [0.05, 0.1) is 5.02 Å². The average Bonchev–Trinajstić information content (AvgIpc) is 2.34. The zero-order valence-electron chi connectivity index (χ0n) is 9.37. The molecule has 0 radical (unpaired) electrons. The maximum Gasteiger partial charge on any atom is 0.180 e. The van der Waals surface area contributed by atoms with Crippen molar-refractivity contribution in [2.45, 2.75) is 23.1 Å². The molecule has 0 spiro atoms. The summed E-state index contributed by atoms with van der Waals surface area (Å²) in [5.74, 6) is 0. The van der Waals surface area contributed by atoms with Crippen molar-refractivity contribution in [2.75, 3.05) is 0 Å². The van der Waals surface area contributed by atoms with Gasteiger partial charge in [0.2, 0.25) is 0 Å². The fraction of sp³-hybridized carbons (Fsp3) is 0.143. The fourth-order valence-electron chi connectivity index (χ4n) is 2.25. The first-order chi connectivity index (χ1) is 8.18. The second-order valence-electron chi connectivity index (χ2n) is 4.23. The van der Waals surface area contributed by atoms with E-state index in [-0.39, 0.29) is 0 Å². The van der Waals surface area contributed by atoms with Crippen molar-refractivity contribution < 1.29 is 4.55 Å². The molecule has 0 N–H and O–H groups in total. The van der Waals surface area contributed by atoms with Crippen LogP contribution in [0.15, 0.2) is 46.2 Å². The van der Waals surface area contributed by atoms with Crippen LogP contribution in [-0.2, 0) is 17.6 Å². The minimum atomic E-state index is -1.14. The molecule has 0 aromatic heterocycles. The maximum absolute atomic E-state index is 12.5. The molecule has 17 heavy (non-hydrogen) atoms. The van der Waals surface area contributed by atoms with Crippen molar-refractivity contribution in [3.8, 4) is 0 Å². The third kappa shape index (κ3) is 1.68. The van der Waals surface area contributed by atoms with Gasteiger partial charge in [0, 0.05) is 28.7 Å². The number of rotatable bonds is 0. The molecular weight excluding hydrogens is 252 g/mol. The Balaban J connectivity index is 2.26. The highest BCUT2D eigenvalue weighted by Crippen LogP contribution is 2.39. The Morgan fingerprint density at radius 3 is 2.76 bits per heavy atom. The Labute approximate surface area is 109 Å². The topological polar surface area (TPSA) is 23.1 Å². The summed E-state index contributed by atoms with van der Waals surface area (Å²) in [6, 6.07) is 11.7. The Morgan fingerprint density at radius 2 is 1.94 bits per heavy atom. The van der Waals surface area contributed by atoms with E-state index in [1.54, 1.807) is 0 Å². The zero-order valence-corrected chi connectivity index (χ0v) is 10.9. The summed E-state index contributed by atoms with van der Waals surface area (Å²) >= 11 is 5.04. The first kappa shape index (κ1) is 11.1. The van der Waals surface area contributed by atoms with Gasteiger partial charge in [0.25, 0.3) is 0 Å². The van der Waals surface area contributed by atoms with Gasteiger partial charge < -0.3 is 4.55 Å². The first-order valence-electron chi connectivity index (χ1n) is 5.46. The van der Waals surface area contributed by atoms with E-state index in [0.29, 0.717) is 5.02 Å². The fourth-order valence-corrected chi connectivity index (χ4v) is 4.14. The lowest BCUT2D eigenvalue weighted by Crippen LogP contribution is -2.16.